The highest BCUT2D eigenvalue weighted by molar-refractivity contribution is 5.92. The predicted molar refractivity (Wildman–Crippen MR) is 105 cm³/mol. The molecule has 3 heterocycles. The first kappa shape index (κ1) is 17.2. The normalized spacial score (nSPS) is 15.0. The van der Waals surface area contributed by atoms with Crippen molar-refractivity contribution in [2.24, 2.45) is 7.05 Å². The summed E-state index contributed by atoms with van der Waals surface area (Å²) in [5.74, 6) is 0.928. The molecule has 0 bridgehead atoms. The molecule has 7 heteroatoms. The maximum Gasteiger partial charge on any atom is 0.246 e. The Kier molecular flexibility index (Phi) is 4.58. The molecule has 138 valence electrons. The fourth-order valence-electron chi connectivity index (χ4n) is 3.46. The van der Waals surface area contributed by atoms with Gasteiger partial charge >= 0.3 is 0 Å². The predicted octanol–water partition coefficient (Wildman–Crippen LogP) is 2.03. The number of aryl methyl sites for hydroxylation is 2. The number of hydrogen-bond donors (Lipinski definition) is 0. The molecular formula is C20H22N6O. The van der Waals surface area contributed by atoms with E-state index < -0.39 is 0 Å². The lowest BCUT2D eigenvalue weighted by Gasteiger charge is -2.35. The summed E-state index contributed by atoms with van der Waals surface area (Å²) in [5.41, 5.74) is 3.75. The highest BCUT2D eigenvalue weighted by atomic mass is 16.2. The number of anilines is 1. The van der Waals surface area contributed by atoms with Crippen molar-refractivity contribution in [2.75, 3.05) is 31.1 Å². The summed E-state index contributed by atoms with van der Waals surface area (Å²) in [4.78, 5) is 25.4. The lowest BCUT2D eigenvalue weighted by molar-refractivity contribution is -0.126. The third-order valence-corrected chi connectivity index (χ3v) is 4.88. The van der Waals surface area contributed by atoms with Crippen LogP contribution in [0.2, 0.25) is 0 Å². The number of fused-ring (bicyclic) bond motifs is 1. The van der Waals surface area contributed by atoms with Crippen molar-refractivity contribution in [3.05, 3.63) is 54.0 Å². The second-order valence-electron chi connectivity index (χ2n) is 6.66. The Labute approximate surface area is 157 Å². The van der Waals surface area contributed by atoms with E-state index in [1.54, 1.807) is 12.4 Å². The summed E-state index contributed by atoms with van der Waals surface area (Å²) < 4.78 is 1.83. The summed E-state index contributed by atoms with van der Waals surface area (Å²) in [6, 6.07) is 9.86. The second kappa shape index (κ2) is 7.19. The number of hydrogen-bond acceptors (Lipinski definition) is 5. The van der Waals surface area contributed by atoms with Crippen LogP contribution in [0, 0.1) is 6.92 Å². The molecule has 1 saturated heterocycles. The minimum atomic E-state index is 0.0442. The molecule has 0 unspecified atom stereocenters. The molecule has 2 aromatic heterocycles. The van der Waals surface area contributed by atoms with E-state index in [0.29, 0.717) is 13.1 Å². The summed E-state index contributed by atoms with van der Waals surface area (Å²) in [7, 11) is 1.91. The molecule has 1 aliphatic rings. The molecule has 0 N–H and O–H groups in total. The number of amides is 1. The molecule has 1 aliphatic heterocycles. The maximum atomic E-state index is 12.5. The Hall–Kier alpha value is -3.22. The minimum absolute atomic E-state index is 0.0442. The second-order valence-corrected chi connectivity index (χ2v) is 6.66. The molecule has 0 aliphatic carbocycles. The Morgan fingerprint density at radius 2 is 1.81 bits per heavy atom. The Morgan fingerprint density at radius 3 is 2.56 bits per heavy atom. The van der Waals surface area contributed by atoms with E-state index in [-0.39, 0.29) is 5.91 Å². The van der Waals surface area contributed by atoms with Crippen LogP contribution in [0.1, 0.15) is 11.3 Å². The molecule has 0 radical (unpaired) electrons. The molecular weight excluding hydrogens is 340 g/mol. The summed E-state index contributed by atoms with van der Waals surface area (Å²) in [6.07, 6.45) is 5.10. The van der Waals surface area contributed by atoms with Crippen LogP contribution < -0.4 is 4.90 Å². The highest BCUT2D eigenvalue weighted by Gasteiger charge is 2.23. The first-order valence-electron chi connectivity index (χ1n) is 9.05. The number of piperazine rings is 1. The fraction of sp³-hybridized carbons (Fsp3) is 0.300. The van der Waals surface area contributed by atoms with E-state index in [9.17, 15) is 4.79 Å². The van der Waals surface area contributed by atoms with Crippen LogP contribution in [0.4, 0.5) is 5.82 Å². The van der Waals surface area contributed by atoms with Gasteiger partial charge in [-0.05, 0) is 18.6 Å². The van der Waals surface area contributed by atoms with Gasteiger partial charge < -0.3 is 9.80 Å². The molecule has 0 saturated carbocycles. The van der Waals surface area contributed by atoms with Gasteiger partial charge in [-0.1, -0.05) is 30.3 Å². The van der Waals surface area contributed by atoms with Crippen molar-refractivity contribution in [2.45, 2.75) is 6.92 Å². The van der Waals surface area contributed by atoms with Crippen LogP contribution >= 0.6 is 0 Å². The van der Waals surface area contributed by atoms with Gasteiger partial charge in [0.05, 0.1) is 5.69 Å². The zero-order valence-corrected chi connectivity index (χ0v) is 15.5. The van der Waals surface area contributed by atoms with Gasteiger partial charge in [0.25, 0.3) is 0 Å². The van der Waals surface area contributed by atoms with Crippen LogP contribution in [-0.4, -0.2) is 56.7 Å². The zero-order valence-electron chi connectivity index (χ0n) is 15.5. The number of nitrogens with zero attached hydrogens (tertiary/aromatic N) is 6. The lowest BCUT2D eigenvalue weighted by Crippen LogP contribution is -2.48. The van der Waals surface area contributed by atoms with Crippen molar-refractivity contribution in [3.63, 3.8) is 0 Å². The van der Waals surface area contributed by atoms with Crippen LogP contribution in [0.25, 0.3) is 17.1 Å². The third-order valence-electron chi connectivity index (χ3n) is 4.88. The average Bonchev–Trinajstić information content (AvgIpc) is 3.01. The summed E-state index contributed by atoms with van der Waals surface area (Å²) >= 11 is 0. The van der Waals surface area contributed by atoms with Gasteiger partial charge in [0.2, 0.25) is 5.91 Å². The maximum absolute atomic E-state index is 12.5. The number of carbonyl (C=O) groups excluding carboxylic acids is 1. The minimum Gasteiger partial charge on any atom is -0.351 e. The average molecular weight is 362 g/mol. The van der Waals surface area contributed by atoms with Crippen molar-refractivity contribution in [1.82, 2.24) is 24.6 Å². The van der Waals surface area contributed by atoms with Crippen molar-refractivity contribution < 1.29 is 4.79 Å². The quantitative estimate of drug-likeness (QED) is 0.667. The smallest absolute Gasteiger partial charge is 0.246 e. The largest absolute Gasteiger partial charge is 0.351 e. The van der Waals surface area contributed by atoms with E-state index in [0.717, 1.165) is 41.2 Å². The van der Waals surface area contributed by atoms with E-state index >= 15 is 0 Å². The number of carbonyl (C=O) groups is 1. The Morgan fingerprint density at radius 1 is 1.07 bits per heavy atom. The van der Waals surface area contributed by atoms with Crippen LogP contribution in [0.15, 0.2) is 42.7 Å². The molecule has 4 rings (SSSR count). The van der Waals surface area contributed by atoms with Crippen LogP contribution in [0.5, 0.6) is 0 Å². The van der Waals surface area contributed by atoms with Crippen molar-refractivity contribution in [3.8, 4) is 0 Å². The molecule has 1 aromatic carbocycles. The third kappa shape index (κ3) is 3.40. The summed E-state index contributed by atoms with van der Waals surface area (Å²) in [5, 5.41) is 4.46. The molecule has 1 fully saturated rings. The number of aromatic nitrogens is 4. The van der Waals surface area contributed by atoms with Gasteiger partial charge in [-0.3, -0.25) is 9.48 Å². The zero-order chi connectivity index (χ0) is 18.8. The van der Waals surface area contributed by atoms with Crippen molar-refractivity contribution >= 4 is 28.8 Å². The van der Waals surface area contributed by atoms with Gasteiger partial charge in [-0.25, -0.2) is 9.97 Å². The lowest BCUT2D eigenvalue weighted by atomic mass is 10.2. The monoisotopic (exact) mass is 362 g/mol. The van der Waals surface area contributed by atoms with E-state index in [4.69, 9.17) is 0 Å². The summed E-state index contributed by atoms with van der Waals surface area (Å²) in [6.45, 7) is 4.76. The number of rotatable bonds is 3. The van der Waals surface area contributed by atoms with Gasteiger partial charge in [-0.15, -0.1) is 0 Å². The van der Waals surface area contributed by atoms with Crippen LogP contribution in [0.3, 0.4) is 0 Å². The van der Waals surface area contributed by atoms with Crippen LogP contribution in [-0.2, 0) is 11.8 Å². The van der Waals surface area contributed by atoms with E-state index in [2.05, 4.69) is 20.0 Å². The first-order chi connectivity index (χ1) is 13.1. The Balaban J connectivity index is 1.45. The van der Waals surface area contributed by atoms with E-state index in [1.807, 2.05) is 60.0 Å². The fourth-order valence-corrected chi connectivity index (χ4v) is 3.46. The molecule has 27 heavy (non-hydrogen) atoms. The Bertz CT molecular complexity index is 986. The SMILES string of the molecule is Cc1nn(C)c2c(N3CCN(C(=O)C=Cc4ccccc4)CC3)ncnc12. The van der Waals surface area contributed by atoms with Crippen molar-refractivity contribution in [1.29, 1.82) is 0 Å². The number of benzene rings is 1. The van der Waals surface area contributed by atoms with Gasteiger partial charge in [0.15, 0.2) is 5.82 Å². The topological polar surface area (TPSA) is 67.2 Å². The van der Waals surface area contributed by atoms with E-state index in [1.165, 1.54) is 0 Å². The molecule has 0 spiro atoms. The van der Waals surface area contributed by atoms with Gasteiger partial charge in [-0.2, -0.15) is 5.10 Å². The van der Waals surface area contributed by atoms with Gasteiger partial charge in [0, 0.05) is 39.3 Å². The standard InChI is InChI=1S/C20H22N6O/c1-15-18-19(24(2)23-15)20(22-14-21-18)26-12-10-25(11-13-26)17(27)9-8-16-6-4-3-5-7-16/h3-9,14H,10-13H2,1-2H3. The first-order valence-corrected chi connectivity index (χ1v) is 9.05. The highest BCUT2D eigenvalue weighted by Crippen LogP contribution is 2.25. The molecule has 1 amide bonds. The molecule has 7 nitrogen and oxygen atoms in total. The molecule has 0 atom stereocenters. The molecule has 3 aromatic rings. The van der Waals surface area contributed by atoms with Gasteiger partial charge in [0.1, 0.15) is 17.4 Å².